The van der Waals surface area contributed by atoms with Gasteiger partial charge in [0.25, 0.3) is 0 Å². The van der Waals surface area contributed by atoms with Crippen LogP contribution in [0.3, 0.4) is 0 Å². The van der Waals surface area contributed by atoms with Gasteiger partial charge < -0.3 is 5.32 Å². The molecule has 104 valence electrons. The summed E-state index contributed by atoms with van der Waals surface area (Å²) in [5, 5.41) is 8.39. The summed E-state index contributed by atoms with van der Waals surface area (Å²) in [6.45, 7) is 2.22. The molecule has 1 aromatic heterocycles. The van der Waals surface area contributed by atoms with Crippen molar-refractivity contribution in [3.63, 3.8) is 0 Å². The number of hydrogen-bond acceptors (Lipinski definition) is 3. The highest BCUT2D eigenvalue weighted by Gasteiger charge is 2.24. The molecule has 0 radical (unpaired) electrons. The monoisotopic (exact) mass is 281 g/mol. The van der Waals surface area contributed by atoms with Crippen LogP contribution >= 0.6 is 0 Å². The molecule has 0 aromatic carbocycles. The third kappa shape index (κ3) is 3.84. The number of rotatable bonds is 3. The van der Waals surface area contributed by atoms with Crippen LogP contribution in [0.4, 0.5) is 5.69 Å². The maximum atomic E-state index is 12.1. The number of pyridine rings is 1. The lowest BCUT2D eigenvalue weighted by Gasteiger charge is -2.25. The molecule has 1 atom stereocenters. The Kier molecular flexibility index (Phi) is 4.66. The molecule has 1 amide bonds. The van der Waals surface area contributed by atoms with E-state index in [1.807, 2.05) is 0 Å². The first-order valence-corrected chi connectivity index (χ1v) is 7.70. The van der Waals surface area contributed by atoms with Crippen LogP contribution < -0.4 is 10.5 Å². The summed E-state index contributed by atoms with van der Waals surface area (Å²) in [5.41, 5.74) is 0.604. The highest BCUT2D eigenvalue weighted by molar-refractivity contribution is 7.82. The summed E-state index contributed by atoms with van der Waals surface area (Å²) in [5.74, 6) is 0.833. The number of carbonyl (C=O) groups is 1. The highest BCUT2D eigenvalue weighted by atomic mass is 32.2. The molecule has 1 aromatic rings. The van der Waals surface area contributed by atoms with Gasteiger partial charge in [0.1, 0.15) is 16.0 Å². The Morgan fingerprint density at radius 1 is 1.42 bits per heavy atom. The second-order valence-electron chi connectivity index (χ2n) is 5.13. The van der Waals surface area contributed by atoms with Gasteiger partial charge in [-0.25, -0.2) is 14.3 Å². The van der Waals surface area contributed by atoms with Crippen LogP contribution in [0.15, 0.2) is 23.4 Å². The number of aromatic nitrogens is 1. The van der Waals surface area contributed by atoms with Crippen molar-refractivity contribution >= 4 is 22.6 Å². The van der Waals surface area contributed by atoms with Gasteiger partial charge in [0.2, 0.25) is 5.91 Å². The third-order valence-electron chi connectivity index (χ3n) is 3.60. The van der Waals surface area contributed by atoms with E-state index in [2.05, 4.69) is 17.2 Å². The van der Waals surface area contributed by atoms with Crippen LogP contribution in [-0.4, -0.2) is 15.1 Å². The Morgan fingerprint density at radius 3 is 2.74 bits per heavy atom. The first-order chi connectivity index (χ1) is 9.06. The van der Waals surface area contributed by atoms with Gasteiger partial charge in [-0.05, 0) is 43.7 Å². The maximum Gasteiger partial charge on any atom is 0.227 e. The second kappa shape index (κ2) is 6.25. The molecule has 1 aliphatic rings. The number of hydrogen-bond donors (Lipinski definition) is 2. The fourth-order valence-electron chi connectivity index (χ4n) is 2.36. The van der Waals surface area contributed by atoms with Crippen LogP contribution in [-0.2, 0) is 15.8 Å². The molecule has 3 N–H and O–H groups in total. The first-order valence-electron chi connectivity index (χ1n) is 6.49. The normalized spacial score (nSPS) is 24.7. The smallest absolute Gasteiger partial charge is 0.227 e. The van der Waals surface area contributed by atoms with Crippen LogP contribution in [0.5, 0.6) is 0 Å². The molecule has 1 fully saturated rings. The summed E-state index contributed by atoms with van der Waals surface area (Å²) in [7, 11) is -1.63. The van der Waals surface area contributed by atoms with Gasteiger partial charge in [0.15, 0.2) is 0 Å². The number of carbonyl (C=O) groups excluding carboxylic acids is 1. The minimum atomic E-state index is -1.63. The van der Waals surface area contributed by atoms with E-state index in [4.69, 9.17) is 5.14 Å². The third-order valence-corrected chi connectivity index (χ3v) is 4.23. The van der Waals surface area contributed by atoms with E-state index in [0.717, 1.165) is 31.6 Å². The first kappa shape index (κ1) is 14.1. The van der Waals surface area contributed by atoms with E-state index in [1.165, 1.54) is 6.20 Å². The fourth-order valence-corrected chi connectivity index (χ4v) is 2.77. The summed E-state index contributed by atoms with van der Waals surface area (Å²) >= 11 is 0. The molecule has 1 unspecified atom stereocenters. The van der Waals surface area contributed by atoms with Gasteiger partial charge in [-0.1, -0.05) is 6.92 Å². The van der Waals surface area contributed by atoms with Crippen molar-refractivity contribution in [3.05, 3.63) is 18.3 Å². The fraction of sp³-hybridized carbons (Fsp3) is 0.538. The molecular weight excluding hydrogens is 262 g/mol. The Balaban J connectivity index is 1.98. The van der Waals surface area contributed by atoms with E-state index in [9.17, 15) is 9.00 Å². The lowest BCUT2D eigenvalue weighted by Crippen LogP contribution is -2.26. The Hall–Kier alpha value is -1.27. The molecule has 1 aliphatic carbocycles. The molecule has 0 aliphatic heterocycles. The molecule has 1 heterocycles. The second-order valence-corrected chi connectivity index (χ2v) is 6.14. The van der Waals surface area contributed by atoms with E-state index in [1.54, 1.807) is 12.1 Å². The Labute approximate surface area is 115 Å². The topological polar surface area (TPSA) is 85.1 Å². The summed E-state index contributed by atoms with van der Waals surface area (Å²) in [6, 6.07) is 3.24. The molecule has 2 rings (SSSR count). The van der Waals surface area contributed by atoms with E-state index in [0.29, 0.717) is 5.69 Å². The molecule has 0 saturated heterocycles. The zero-order valence-electron chi connectivity index (χ0n) is 11.0. The molecule has 0 bridgehead atoms. The Morgan fingerprint density at radius 2 is 2.11 bits per heavy atom. The molecule has 6 heteroatoms. The van der Waals surface area contributed by atoms with Crippen molar-refractivity contribution in [1.82, 2.24) is 4.98 Å². The largest absolute Gasteiger partial charge is 0.326 e. The predicted molar refractivity (Wildman–Crippen MR) is 74.6 cm³/mol. The zero-order chi connectivity index (χ0) is 13.8. The van der Waals surface area contributed by atoms with Crippen LogP contribution in [0.25, 0.3) is 0 Å². The van der Waals surface area contributed by atoms with Gasteiger partial charge in [-0.15, -0.1) is 0 Å². The summed E-state index contributed by atoms with van der Waals surface area (Å²) in [6.07, 6.45) is 5.58. The standard InChI is InChI=1S/C13H19N3O2S/c1-9-2-4-10(5-3-9)13(17)16-11-6-7-15-12(8-11)19(14)18/h6-10H,2-5,14H2,1H3,(H,15,16,17). The van der Waals surface area contributed by atoms with E-state index >= 15 is 0 Å². The quantitative estimate of drug-likeness (QED) is 0.886. The Bertz CT molecular complexity index is 485. The SMILES string of the molecule is CC1CCC(C(=O)Nc2ccnc(S(N)=O)c2)CC1. The van der Waals surface area contributed by atoms with Gasteiger partial charge in [-0.3, -0.25) is 4.79 Å². The van der Waals surface area contributed by atoms with Crippen LogP contribution in [0.2, 0.25) is 0 Å². The van der Waals surface area contributed by atoms with Gasteiger partial charge in [-0.2, -0.15) is 0 Å². The van der Waals surface area contributed by atoms with Gasteiger partial charge in [0.05, 0.1) is 0 Å². The molecule has 1 saturated carbocycles. The maximum absolute atomic E-state index is 12.1. The molecule has 5 nitrogen and oxygen atoms in total. The summed E-state index contributed by atoms with van der Waals surface area (Å²) in [4.78, 5) is 16.0. The van der Waals surface area contributed by atoms with Gasteiger partial charge >= 0.3 is 0 Å². The number of nitrogens with two attached hydrogens (primary N) is 1. The molecular formula is C13H19N3O2S. The zero-order valence-corrected chi connectivity index (χ0v) is 11.8. The number of nitrogens with one attached hydrogen (secondary N) is 1. The lowest BCUT2D eigenvalue weighted by atomic mass is 9.82. The van der Waals surface area contributed by atoms with Crippen LogP contribution in [0, 0.1) is 11.8 Å². The van der Waals surface area contributed by atoms with Gasteiger partial charge in [0, 0.05) is 17.8 Å². The molecule has 19 heavy (non-hydrogen) atoms. The summed E-state index contributed by atoms with van der Waals surface area (Å²) < 4.78 is 11.1. The average molecular weight is 281 g/mol. The van der Waals surface area contributed by atoms with Crippen molar-refractivity contribution in [2.75, 3.05) is 5.32 Å². The van der Waals surface area contributed by atoms with E-state index in [-0.39, 0.29) is 16.9 Å². The minimum absolute atomic E-state index is 0.0341. The number of nitrogens with zero attached hydrogens (tertiary/aromatic N) is 1. The van der Waals surface area contributed by atoms with Crippen molar-refractivity contribution in [2.45, 2.75) is 37.6 Å². The minimum Gasteiger partial charge on any atom is -0.326 e. The number of anilines is 1. The van der Waals surface area contributed by atoms with Crippen LogP contribution in [0.1, 0.15) is 32.6 Å². The van der Waals surface area contributed by atoms with Crippen molar-refractivity contribution in [3.8, 4) is 0 Å². The van der Waals surface area contributed by atoms with Crippen molar-refractivity contribution < 1.29 is 9.00 Å². The van der Waals surface area contributed by atoms with E-state index < -0.39 is 11.0 Å². The lowest BCUT2D eigenvalue weighted by molar-refractivity contribution is -0.121. The van der Waals surface area contributed by atoms with Crippen molar-refractivity contribution in [2.24, 2.45) is 17.0 Å². The van der Waals surface area contributed by atoms with Crippen molar-refractivity contribution in [1.29, 1.82) is 0 Å². The predicted octanol–water partition coefficient (Wildman–Crippen LogP) is 1.83. The average Bonchev–Trinajstić information content (AvgIpc) is 2.39. The number of amides is 1. The highest BCUT2D eigenvalue weighted by Crippen LogP contribution is 2.29. The molecule has 0 spiro atoms.